The molecule has 3 nitrogen and oxygen atoms in total. The Morgan fingerprint density at radius 1 is 1.50 bits per heavy atom. The minimum absolute atomic E-state index is 0.0286. The monoisotopic (exact) mass is 260 g/mol. The molecule has 0 aromatic heterocycles. The second-order valence-corrected chi connectivity index (χ2v) is 3.98. The Kier molecular flexibility index (Phi) is 3.39. The van der Waals surface area contributed by atoms with Gasteiger partial charge in [0.2, 0.25) is 0 Å². The average molecular weight is 261 g/mol. The van der Waals surface area contributed by atoms with Crippen LogP contribution in [-0.4, -0.2) is 17.3 Å². The first kappa shape index (κ1) is 11.3. The van der Waals surface area contributed by atoms with Crippen LogP contribution in [-0.2, 0) is 0 Å². The molecular formula is C10H13BrO3. The lowest BCUT2D eigenvalue weighted by atomic mass is 10.0. The molecule has 0 bridgehead atoms. The molecule has 0 aliphatic rings. The molecule has 1 rings (SSSR count). The van der Waals surface area contributed by atoms with Gasteiger partial charge in [0.1, 0.15) is 0 Å². The van der Waals surface area contributed by atoms with Gasteiger partial charge < -0.3 is 14.9 Å². The fourth-order valence-corrected chi connectivity index (χ4v) is 1.88. The molecule has 78 valence electrons. The molecule has 0 aliphatic carbocycles. The molecule has 1 atom stereocenters. The van der Waals surface area contributed by atoms with Crippen LogP contribution >= 0.6 is 15.9 Å². The second kappa shape index (κ2) is 4.19. The molecule has 0 heterocycles. The molecule has 0 saturated carbocycles. The largest absolute Gasteiger partial charge is 0.504 e. The van der Waals surface area contributed by atoms with Gasteiger partial charge in [-0.2, -0.15) is 0 Å². The number of aliphatic hydroxyl groups excluding tert-OH is 1. The fraction of sp³-hybridized carbons (Fsp3) is 0.400. The maximum atomic E-state index is 9.58. The molecular weight excluding hydrogens is 248 g/mol. The van der Waals surface area contributed by atoms with Gasteiger partial charge in [0.15, 0.2) is 11.5 Å². The molecule has 1 aromatic carbocycles. The Balaban J connectivity index is 3.48. The van der Waals surface area contributed by atoms with Crippen LogP contribution in [0.15, 0.2) is 10.5 Å². The van der Waals surface area contributed by atoms with Crippen molar-refractivity contribution >= 4 is 15.9 Å². The highest BCUT2D eigenvalue weighted by atomic mass is 79.9. The van der Waals surface area contributed by atoms with E-state index in [-0.39, 0.29) is 5.75 Å². The lowest BCUT2D eigenvalue weighted by Gasteiger charge is -2.16. The lowest BCUT2D eigenvalue weighted by molar-refractivity contribution is 0.192. The van der Waals surface area contributed by atoms with Crippen LogP contribution in [0.1, 0.15) is 24.2 Å². The molecule has 4 heteroatoms. The van der Waals surface area contributed by atoms with Crippen molar-refractivity contribution in [1.29, 1.82) is 0 Å². The molecule has 1 aromatic rings. The smallest absolute Gasteiger partial charge is 0.166 e. The van der Waals surface area contributed by atoms with Crippen molar-refractivity contribution in [2.24, 2.45) is 0 Å². The van der Waals surface area contributed by atoms with Gasteiger partial charge in [-0.25, -0.2) is 0 Å². The summed E-state index contributed by atoms with van der Waals surface area (Å²) < 4.78 is 5.80. The van der Waals surface area contributed by atoms with Crippen molar-refractivity contribution in [1.82, 2.24) is 0 Å². The Morgan fingerprint density at radius 3 is 2.50 bits per heavy atom. The average Bonchev–Trinajstić information content (AvgIpc) is 2.10. The molecule has 0 saturated heterocycles. The first-order valence-electron chi connectivity index (χ1n) is 4.23. The van der Waals surface area contributed by atoms with E-state index in [4.69, 9.17) is 4.74 Å². The van der Waals surface area contributed by atoms with E-state index in [2.05, 4.69) is 15.9 Å². The lowest BCUT2D eigenvalue weighted by Crippen LogP contribution is -2.00. The summed E-state index contributed by atoms with van der Waals surface area (Å²) in [5.74, 6) is 0.363. The van der Waals surface area contributed by atoms with Gasteiger partial charge in [-0.3, -0.25) is 0 Å². The number of hydrogen-bond acceptors (Lipinski definition) is 3. The van der Waals surface area contributed by atoms with Crippen LogP contribution in [0.2, 0.25) is 0 Å². The first-order valence-corrected chi connectivity index (χ1v) is 5.02. The SMILES string of the molecule is COc1c(O)cc(Br)c(C)c1C(C)O. The zero-order valence-electron chi connectivity index (χ0n) is 8.34. The Hall–Kier alpha value is -0.740. The Labute approximate surface area is 91.5 Å². The van der Waals surface area contributed by atoms with E-state index < -0.39 is 6.10 Å². The van der Waals surface area contributed by atoms with Crippen molar-refractivity contribution in [2.45, 2.75) is 20.0 Å². The molecule has 0 fully saturated rings. The number of ether oxygens (including phenoxy) is 1. The van der Waals surface area contributed by atoms with Gasteiger partial charge in [-0.1, -0.05) is 15.9 Å². The number of methoxy groups -OCH3 is 1. The standard InChI is InChI=1S/C10H13BrO3/c1-5-7(11)4-8(13)10(14-3)9(5)6(2)12/h4,6,12-13H,1-3H3. The Bertz CT molecular complexity index is 348. The molecule has 0 amide bonds. The van der Waals surface area contributed by atoms with Crippen LogP contribution in [0.5, 0.6) is 11.5 Å². The Morgan fingerprint density at radius 2 is 2.07 bits per heavy atom. The predicted octanol–water partition coefficient (Wildman–Crippen LogP) is 2.53. The van der Waals surface area contributed by atoms with Gasteiger partial charge in [0.05, 0.1) is 13.2 Å². The van der Waals surface area contributed by atoms with Crippen molar-refractivity contribution in [3.8, 4) is 11.5 Å². The maximum Gasteiger partial charge on any atom is 0.166 e. The number of aliphatic hydroxyl groups is 1. The van der Waals surface area contributed by atoms with Gasteiger partial charge in [-0.05, 0) is 25.5 Å². The predicted molar refractivity (Wildman–Crippen MR) is 57.7 cm³/mol. The molecule has 0 aliphatic heterocycles. The highest BCUT2D eigenvalue weighted by Crippen LogP contribution is 2.40. The van der Waals surface area contributed by atoms with E-state index in [1.807, 2.05) is 6.92 Å². The molecule has 14 heavy (non-hydrogen) atoms. The zero-order chi connectivity index (χ0) is 10.9. The summed E-state index contributed by atoms with van der Waals surface area (Å²) in [4.78, 5) is 0. The summed E-state index contributed by atoms with van der Waals surface area (Å²) in [5.41, 5.74) is 1.48. The third-order valence-corrected chi connectivity index (χ3v) is 2.95. The summed E-state index contributed by atoms with van der Waals surface area (Å²) >= 11 is 3.30. The number of aromatic hydroxyl groups is 1. The van der Waals surface area contributed by atoms with E-state index in [1.165, 1.54) is 7.11 Å². The number of benzene rings is 1. The van der Waals surface area contributed by atoms with Crippen LogP contribution in [0.4, 0.5) is 0 Å². The normalized spacial score (nSPS) is 12.6. The second-order valence-electron chi connectivity index (χ2n) is 3.13. The van der Waals surface area contributed by atoms with E-state index in [0.717, 1.165) is 10.0 Å². The van der Waals surface area contributed by atoms with Crippen molar-refractivity contribution in [3.05, 3.63) is 21.7 Å². The van der Waals surface area contributed by atoms with Gasteiger partial charge >= 0.3 is 0 Å². The fourth-order valence-electron chi connectivity index (χ4n) is 1.45. The number of hydrogen-bond donors (Lipinski definition) is 2. The minimum Gasteiger partial charge on any atom is -0.504 e. The number of phenols is 1. The maximum absolute atomic E-state index is 9.58. The molecule has 0 radical (unpaired) electrons. The molecule has 2 N–H and O–H groups in total. The summed E-state index contributed by atoms with van der Waals surface area (Å²) in [6.07, 6.45) is -0.673. The van der Waals surface area contributed by atoms with Crippen LogP contribution in [0, 0.1) is 6.92 Å². The summed E-state index contributed by atoms with van der Waals surface area (Å²) in [5, 5.41) is 19.1. The quantitative estimate of drug-likeness (QED) is 0.860. The third-order valence-electron chi connectivity index (χ3n) is 2.12. The number of phenolic OH excluding ortho intramolecular Hbond substituents is 1. The van der Waals surface area contributed by atoms with E-state index in [1.54, 1.807) is 13.0 Å². The van der Waals surface area contributed by atoms with E-state index in [0.29, 0.717) is 11.3 Å². The van der Waals surface area contributed by atoms with E-state index in [9.17, 15) is 10.2 Å². The van der Waals surface area contributed by atoms with Crippen molar-refractivity contribution < 1.29 is 14.9 Å². The number of halogens is 1. The van der Waals surface area contributed by atoms with Crippen LogP contribution < -0.4 is 4.74 Å². The highest BCUT2D eigenvalue weighted by molar-refractivity contribution is 9.10. The summed E-state index contributed by atoms with van der Waals surface area (Å²) in [6, 6.07) is 1.56. The van der Waals surface area contributed by atoms with Crippen molar-refractivity contribution in [3.63, 3.8) is 0 Å². The minimum atomic E-state index is -0.673. The van der Waals surface area contributed by atoms with Crippen molar-refractivity contribution in [2.75, 3.05) is 7.11 Å². The number of rotatable bonds is 2. The van der Waals surface area contributed by atoms with Crippen LogP contribution in [0.25, 0.3) is 0 Å². The molecule has 1 unspecified atom stereocenters. The third kappa shape index (κ3) is 1.86. The van der Waals surface area contributed by atoms with Crippen LogP contribution in [0.3, 0.4) is 0 Å². The zero-order valence-corrected chi connectivity index (χ0v) is 9.92. The van der Waals surface area contributed by atoms with E-state index >= 15 is 0 Å². The van der Waals surface area contributed by atoms with Gasteiger partial charge in [-0.15, -0.1) is 0 Å². The first-order chi connectivity index (χ1) is 6.49. The van der Waals surface area contributed by atoms with Gasteiger partial charge in [0.25, 0.3) is 0 Å². The summed E-state index contributed by atoms with van der Waals surface area (Å²) in [7, 11) is 1.47. The topological polar surface area (TPSA) is 49.7 Å². The van der Waals surface area contributed by atoms with Gasteiger partial charge in [0, 0.05) is 10.0 Å². The summed E-state index contributed by atoms with van der Waals surface area (Å²) in [6.45, 7) is 3.49. The molecule has 0 spiro atoms. The highest BCUT2D eigenvalue weighted by Gasteiger charge is 2.18.